The van der Waals surface area contributed by atoms with E-state index in [2.05, 4.69) is 61.7 Å². The molecule has 2 saturated carbocycles. The number of nitrogens with one attached hydrogen (secondary N) is 6. The van der Waals surface area contributed by atoms with Crippen LogP contribution < -0.4 is 37.6 Å². The normalized spacial score (nSPS) is 12.5. The van der Waals surface area contributed by atoms with Crippen LogP contribution in [0.1, 0.15) is 171 Å². The number of nitrogens with two attached hydrogens (primary N) is 1. The maximum absolute atomic E-state index is 15.1. The molecule has 0 saturated heterocycles. The number of rotatable bonds is 23. The van der Waals surface area contributed by atoms with Crippen molar-refractivity contribution in [3.8, 4) is 17.1 Å². The summed E-state index contributed by atoms with van der Waals surface area (Å²) in [6, 6.07) is 54.1. The van der Waals surface area contributed by atoms with E-state index in [1.807, 2.05) is 80.6 Å². The van der Waals surface area contributed by atoms with Gasteiger partial charge in [-0.3, -0.25) is 9.59 Å². The second-order valence-electron chi connectivity index (χ2n) is 27.2. The molecule has 0 radical (unpaired) electrons. The third-order valence-corrected chi connectivity index (χ3v) is 16.5. The highest BCUT2D eigenvalue weighted by molar-refractivity contribution is 6.05. The number of carboxylic acids is 1. The highest BCUT2D eigenvalue weighted by Crippen LogP contribution is 2.34. The van der Waals surface area contributed by atoms with Gasteiger partial charge in [-0.05, 0) is 219 Å². The van der Waals surface area contributed by atoms with E-state index in [0.717, 1.165) is 52.0 Å². The van der Waals surface area contributed by atoms with Crippen LogP contribution in [0.4, 0.5) is 47.2 Å². The summed E-state index contributed by atoms with van der Waals surface area (Å²) < 4.78 is 44.4. The smallest absolute Gasteiger partial charge is 0.407 e. The standard InChI is InChI=1S/C34H35FN6O3.C29H27FN6O.C17H18N4O4.C2H6.CH4.ClH/c1-34(2,3)44-33(43)38-21-23-9-8-12-26(17-23)41-29(19-30(36-4)40-41)32(42)39-28-18-25(15-16-27(28)35)31(37-20-22-13-14-22)24-10-6-5-7-11-24;1-32-27-16-26(36(35-27)23-9-5-6-20(14-23)17-31)29(37)34-25-15-22(12-13-24(25)30)28(33-18-19-10-11-19)21-7-3-2-4-8-21;1-17(2,3)25-16(24)19-10-11-6-5-7-12(8-11)21-13(15(22)23)9-14(18-4)20-21;1-2;;/h5-12,15-19,22,31,37H,13-14,20-21H2,1-3H3,(H,38,43)(H,39,42);2-9,12-16,19,28,33H,10-11,17-18,31H2,(H,34,37);5-9H,10H2,1-3H3,(H,19,24)(H,22,23);1-2H3;1H4;1H. The molecule has 7 aromatic carbocycles. The van der Waals surface area contributed by atoms with E-state index in [-0.39, 0.29) is 90.9 Å². The number of carbonyl (C=O) groups is 5. The van der Waals surface area contributed by atoms with Crippen LogP contribution in [0.25, 0.3) is 31.6 Å². The Bertz CT molecular complexity index is 4950. The largest absolute Gasteiger partial charge is 0.476 e. The van der Waals surface area contributed by atoms with Crippen molar-refractivity contribution < 1.29 is 47.3 Å². The Hall–Kier alpha value is -12.4. The highest BCUT2D eigenvalue weighted by atomic mass is 35.5. The van der Waals surface area contributed by atoms with Crippen LogP contribution in [0, 0.1) is 43.2 Å². The number of benzene rings is 7. The lowest BCUT2D eigenvalue weighted by atomic mass is 9.97. The molecule has 2 aliphatic carbocycles. The number of halogens is 3. The molecule has 4 amide bonds. The van der Waals surface area contributed by atoms with Gasteiger partial charge in [0.1, 0.15) is 34.2 Å². The van der Waals surface area contributed by atoms with Crippen molar-refractivity contribution in [2.45, 2.75) is 131 Å². The maximum atomic E-state index is 15.1. The first-order valence-corrected chi connectivity index (χ1v) is 35.2. The van der Waals surface area contributed by atoms with Crippen LogP contribution in [0.5, 0.6) is 0 Å². The van der Waals surface area contributed by atoms with Gasteiger partial charge in [0.25, 0.3) is 29.3 Å². The number of anilines is 2. The first-order valence-electron chi connectivity index (χ1n) is 35.2. The molecular weight excluding hydrogens is 1420 g/mol. The molecule has 10 aromatic rings. The van der Waals surface area contributed by atoms with Gasteiger partial charge in [-0.2, -0.15) is 14.0 Å². The van der Waals surface area contributed by atoms with E-state index < -0.39 is 52.8 Å². The van der Waals surface area contributed by atoms with Crippen molar-refractivity contribution in [3.05, 3.63) is 290 Å². The molecule has 3 aromatic heterocycles. The van der Waals surface area contributed by atoms with Gasteiger partial charge >= 0.3 is 18.2 Å². The van der Waals surface area contributed by atoms with Gasteiger partial charge in [0.05, 0.1) is 40.5 Å². The quantitative estimate of drug-likeness (QED) is 0.0277. The van der Waals surface area contributed by atoms with E-state index in [1.165, 1.54) is 70.1 Å². The van der Waals surface area contributed by atoms with Gasteiger partial charge in [0.2, 0.25) is 0 Å². The first-order chi connectivity index (χ1) is 51.8. The van der Waals surface area contributed by atoms with E-state index in [1.54, 1.807) is 133 Å². The van der Waals surface area contributed by atoms with Crippen molar-refractivity contribution in [3.63, 3.8) is 0 Å². The predicted octanol–water partition coefficient (Wildman–Crippen LogP) is 17.5. The number of carbonyl (C=O) groups excluding carboxylic acids is 4. The van der Waals surface area contributed by atoms with Crippen LogP contribution in [0.2, 0.25) is 0 Å². The van der Waals surface area contributed by atoms with Crippen molar-refractivity contribution in [1.82, 2.24) is 50.6 Å². The van der Waals surface area contributed by atoms with E-state index in [9.17, 15) is 33.5 Å². The van der Waals surface area contributed by atoms with Crippen molar-refractivity contribution in [2.24, 2.45) is 17.6 Å². The third-order valence-electron chi connectivity index (χ3n) is 16.5. The fourth-order valence-corrected chi connectivity index (χ4v) is 11.1. The molecule has 24 nitrogen and oxygen atoms in total. The molecule has 0 aliphatic heterocycles. The summed E-state index contributed by atoms with van der Waals surface area (Å²) in [7, 11) is 0. The molecular formula is C83H91ClF2N16O8. The fraction of sp³-hybridized carbons (Fsp3) is 0.289. The molecule has 27 heteroatoms. The summed E-state index contributed by atoms with van der Waals surface area (Å²) >= 11 is 0. The Kier molecular flexibility index (Phi) is 30.4. The molecule has 0 spiro atoms. The lowest BCUT2D eigenvalue weighted by Gasteiger charge is -2.21. The van der Waals surface area contributed by atoms with Crippen LogP contribution >= 0.6 is 12.4 Å². The number of amides is 4. The van der Waals surface area contributed by atoms with Crippen LogP contribution in [0.3, 0.4) is 0 Å². The number of aromatic carboxylic acids is 1. The molecule has 12 rings (SSSR count). The Balaban J connectivity index is 0.000000233. The number of hydrogen-bond acceptors (Lipinski definition) is 13. The topological polar surface area (TPSA) is 289 Å². The van der Waals surface area contributed by atoms with Crippen molar-refractivity contribution in [1.29, 1.82) is 0 Å². The lowest BCUT2D eigenvalue weighted by Crippen LogP contribution is -2.32. The molecule has 0 bridgehead atoms. The number of aromatic nitrogens is 6. The number of alkyl carbamates (subject to hydrolysis) is 2. The molecule has 2 unspecified atom stereocenters. The Labute approximate surface area is 645 Å². The van der Waals surface area contributed by atoms with E-state index >= 15 is 4.39 Å². The molecule has 3 heterocycles. The highest BCUT2D eigenvalue weighted by Gasteiger charge is 2.29. The van der Waals surface area contributed by atoms with Gasteiger partial charge in [-0.1, -0.05) is 150 Å². The molecule has 572 valence electrons. The minimum atomic E-state index is -1.18. The maximum Gasteiger partial charge on any atom is 0.407 e. The number of hydrogen-bond donors (Lipinski definition) is 8. The zero-order valence-corrected chi connectivity index (χ0v) is 62.5. The van der Waals surface area contributed by atoms with Gasteiger partial charge in [-0.25, -0.2) is 23.2 Å². The third kappa shape index (κ3) is 24.3. The number of nitrogens with zero attached hydrogens (tertiary/aromatic N) is 9. The van der Waals surface area contributed by atoms with Gasteiger partial charge < -0.3 is 66.7 Å². The lowest BCUT2D eigenvalue weighted by molar-refractivity contribution is 0.0512. The Morgan fingerprint density at radius 3 is 1.18 bits per heavy atom. The summed E-state index contributed by atoms with van der Waals surface area (Å²) in [4.78, 5) is 72.0. The molecule has 2 aliphatic rings. The van der Waals surface area contributed by atoms with Crippen molar-refractivity contribution >= 4 is 71.2 Å². The van der Waals surface area contributed by atoms with E-state index in [0.29, 0.717) is 35.4 Å². The zero-order valence-electron chi connectivity index (χ0n) is 61.6. The average Bonchev–Trinajstić information content (AvgIpc) is 1.50. The summed E-state index contributed by atoms with van der Waals surface area (Å²) in [6.45, 7) is 38.9. The minimum absolute atomic E-state index is 0. The van der Waals surface area contributed by atoms with Gasteiger partial charge in [0, 0.05) is 25.7 Å². The van der Waals surface area contributed by atoms with E-state index in [4.69, 9.17) is 34.9 Å². The van der Waals surface area contributed by atoms with Crippen LogP contribution in [0.15, 0.2) is 188 Å². The Morgan fingerprint density at radius 1 is 0.500 bits per heavy atom. The van der Waals surface area contributed by atoms with Gasteiger partial charge in [-0.15, -0.1) is 12.4 Å². The SMILES string of the molecule is C.CC.Cl.[C-]#[N+]c1cc(C(=O)Nc2cc(C(NCC3CC3)c3ccccc3)ccc2F)n(-c2cccc(CN)c2)n1.[C-]#[N+]c1cc(C(=O)Nc2cc(C(NCC3CC3)c3ccccc3)ccc2F)n(-c2cccc(CNC(=O)OC(C)(C)C)c2)n1.[C-]#[N+]c1cc(C(=O)O)n(-c2cccc(CNC(=O)OC(C)(C)C)c2)n1. The summed E-state index contributed by atoms with van der Waals surface area (Å²) in [6.07, 6.45) is 3.73. The second kappa shape index (κ2) is 39.5. The first kappa shape index (κ1) is 84.9. The zero-order chi connectivity index (χ0) is 77.7. The molecule has 2 atom stereocenters. The summed E-state index contributed by atoms with van der Waals surface area (Å²) in [5.74, 6) is -2.13. The predicted molar refractivity (Wildman–Crippen MR) is 423 cm³/mol. The van der Waals surface area contributed by atoms with Crippen molar-refractivity contribution in [2.75, 3.05) is 23.7 Å². The second-order valence-corrected chi connectivity index (χ2v) is 27.2. The minimum Gasteiger partial charge on any atom is -0.476 e. The molecule has 2 fully saturated rings. The molecule has 110 heavy (non-hydrogen) atoms. The average molecular weight is 1510 g/mol. The summed E-state index contributed by atoms with van der Waals surface area (Å²) in [5, 5.41) is 39.7. The number of ether oxygens (including phenoxy) is 2. The fourth-order valence-electron chi connectivity index (χ4n) is 11.1. The Morgan fingerprint density at radius 2 is 0.845 bits per heavy atom. The number of carboxylic acid groups (broad SMARTS) is 1. The summed E-state index contributed by atoms with van der Waals surface area (Å²) in [5.41, 5.74) is 12.3. The van der Waals surface area contributed by atoms with Crippen LogP contribution in [-0.2, 0) is 29.1 Å². The van der Waals surface area contributed by atoms with Crippen LogP contribution in [-0.4, -0.2) is 88.7 Å². The molecule has 9 N–H and O–H groups in total. The monoisotopic (exact) mass is 1510 g/mol. The van der Waals surface area contributed by atoms with Gasteiger partial charge in [0.15, 0.2) is 5.69 Å².